The number of hydrogen-bond acceptors (Lipinski definition) is 6. The molecule has 1 atom stereocenters. The number of pyridine rings is 1. The van der Waals surface area contributed by atoms with Crippen molar-refractivity contribution in [2.24, 2.45) is 9.98 Å². The number of halogens is 1. The summed E-state index contributed by atoms with van der Waals surface area (Å²) in [4.78, 5) is 25.0. The fourth-order valence-corrected chi connectivity index (χ4v) is 2.80. The van der Waals surface area contributed by atoms with Crippen LogP contribution in [-0.2, 0) is 0 Å². The highest BCUT2D eigenvalue weighted by molar-refractivity contribution is 6.16. The summed E-state index contributed by atoms with van der Waals surface area (Å²) in [7, 11) is 1.92. The number of amides is 1. The quantitative estimate of drug-likeness (QED) is 0.737. The van der Waals surface area contributed by atoms with Gasteiger partial charge in [0.25, 0.3) is 5.91 Å². The van der Waals surface area contributed by atoms with Crippen LogP contribution in [0.5, 0.6) is 0 Å². The first-order valence-electron chi connectivity index (χ1n) is 9.17. The van der Waals surface area contributed by atoms with E-state index in [2.05, 4.69) is 25.7 Å². The Hall–Kier alpha value is -3.39. The van der Waals surface area contributed by atoms with Gasteiger partial charge in [0, 0.05) is 49.3 Å². The molecule has 2 aromatic rings. The lowest BCUT2D eigenvalue weighted by atomic mass is 10.1. The molecule has 2 heterocycles. The Morgan fingerprint density at radius 1 is 1.34 bits per heavy atom. The van der Waals surface area contributed by atoms with Gasteiger partial charge in [0.2, 0.25) is 0 Å². The number of nitrogens with one attached hydrogen (secondary N) is 2. The molecule has 0 fully saturated rings. The van der Waals surface area contributed by atoms with Gasteiger partial charge >= 0.3 is 0 Å². The molecule has 0 radical (unpaired) electrons. The summed E-state index contributed by atoms with van der Waals surface area (Å²) < 4.78 is 14.3. The van der Waals surface area contributed by atoms with Crippen LogP contribution in [0.4, 0.5) is 10.1 Å². The Bertz CT molecular complexity index is 985. The van der Waals surface area contributed by atoms with Gasteiger partial charge in [-0.05, 0) is 43.7 Å². The van der Waals surface area contributed by atoms with Gasteiger partial charge in [-0.1, -0.05) is 0 Å². The summed E-state index contributed by atoms with van der Waals surface area (Å²) in [5.41, 5.74) is 6.11. The lowest BCUT2D eigenvalue weighted by Crippen LogP contribution is -2.24. The summed E-state index contributed by atoms with van der Waals surface area (Å²) in [6.07, 6.45) is 8.10. The lowest BCUT2D eigenvalue weighted by Gasteiger charge is -2.11. The number of nitrogens with zero attached hydrogens (tertiary/aromatic N) is 4. The SMILES string of the molecule is Cc1cncc(C(=O)Nc2ccc(F)c(C(C)N=CC=NC3=CNN(C)C3)c2)c1. The van der Waals surface area contributed by atoms with E-state index in [0.29, 0.717) is 23.4 Å². The first kappa shape index (κ1) is 20.3. The van der Waals surface area contributed by atoms with Crippen LogP contribution in [0.2, 0.25) is 0 Å². The number of anilines is 1. The van der Waals surface area contributed by atoms with E-state index in [9.17, 15) is 9.18 Å². The summed E-state index contributed by atoms with van der Waals surface area (Å²) in [6.45, 7) is 4.34. The van der Waals surface area contributed by atoms with Crippen molar-refractivity contribution in [1.82, 2.24) is 15.4 Å². The number of likely N-dealkylation sites (N-methyl/N-ethyl adjacent to an activating group) is 1. The fraction of sp³-hybridized carbons (Fsp3) is 0.238. The molecule has 1 aromatic heterocycles. The standard InChI is InChI=1S/C21H23FN6O/c1-14-8-16(11-23-10-14)21(29)27-17-4-5-20(22)19(9-17)15(2)24-6-7-25-18-12-26-28(3)13-18/h4-12,15,26H,13H2,1-3H3,(H,27,29). The van der Waals surface area contributed by atoms with Gasteiger partial charge in [-0.3, -0.25) is 19.8 Å². The van der Waals surface area contributed by atoms with Crippen molar-refractivity contribution in [1.29, 1.82) is 0 Å². The second-order valence-corrected chi connectivity index (χ2v) is 6.81. The summed E-state index contributed by atoms with van der Waals surface area (Å²) in [6, 6.07) is 5.75. The van der Waals surface area contributed by atoms with Crippen LogP contribution in [0, 0.1) is 12.7 Å². The van der Waals surface area contributed by atoms with Gasteiger partial charge in [0.15, 0.2) is 0 Å². The fourth-order valence-electron chi connectivity index (χ4n) is 2.80. The monoisotopic (exact) mass is 394 g/mol. The number of aromatic nitrogens is 1. The molecule has 1 unspecified atom stereocenters. The first-order valence-corrected chi connectivity index (χ1v) is 9.17. The van der Waals surface area contributed by atoms with Gasteiger partial charge in [0.1, 0.15) is 5.82 Å². The van der Waals surface area contributed by atoms with Crippen LogP contribution in [0.15, 0.2) is 58.5 Å². The van der Waals surface area contributed by atoms with Crippen molar-refractivity contribution in [3.8, 4) is 0 Å². The number of aliphatic imine (C=N–C) groups is 2. The van der Waals surface area contributed by atoms with Crippen molar-refractivity contribution in [2.45, 2.75) is 19.9 Å². The average molecular weight is 394 g/mol. The third-order valence-corrected chi connectivity index (χ3v) is 4.31. The Morgan fingerprint density at radius 3 is 2.90 bits per heavy atom. The van der Waals surface area contributed by atoms with Gasteiger partial charge in [-0.15, -0.1) is 0 Å². The first-order chi connectivity index (χ1) is 13.9. The lowest BCUT2D eigenvalue weighted by molar-refractivity contribution is 0.102. The van der Waals surface area contributed by atoms with E-state index in [0.717, 1.165) is 11.3 Å². The van der Waals surface area contributed by atoms with Crippen LogP contribution in [0.3, 0.4) is 0 Å². The molecule has 2 N–H and O–H groups in total. The molecule has 1 amide bonds. The topological polar surface area (TPSA) is 82.0 Å². The molecule has 0 spiro atoms. The molecule has 0 aliphatic carbocycles. The van der Waals surface area contributed by atoms with E-state index < -0.39 is 6.04 Å². The number of aryl methyl sites for hydroxylation is 1. The third kappa shape index (κ3) is 5.55. The highest BCUT2D eigenvalue weighted by Crippen LogP contribution is 2.24. The smallest absolute Gasteiger partial charge is 0.257 e. The Labute approximate surface area is 169 Å². The number of carbonyl (C=O) groups excluding carboxylic acids is 1. The molecule has 0 saturated carbocycles. The van der Waals surface area contributed by atoms with Crippen molar-refractivity contribution in [3.05, 3.63) is 71.1 Å². The Morgan fingerprint density at radius 2 is 2.17 bits per heavy atom. The van der Waals surface area contributed by atoms with Crippen molar-refractivity contribution in [3.63, 3.8) is 0 Å². The van der Waals surface area contributed by atoms with Crippen LogP contribution in [-0.4, -0.2) is 41.9 Å². The molecule has 8 heteroatoms. The number of carbonyl (C=O) groups is 1. The van der Waals surface area contributed by atoms with E-state index in [1.165, 1.54) is 18.3 Å². The minimum Gasteiger partial charge on any atom is -0.324 e. The molecule has 1 aliphatic rings. The van der Waals surface area contributed by atoms with Crippen LogP contribution < -0.4 is 10.7 Å². The molecule has 0 bridgehead atoms. The van der Waals surface area contributed by atoms with Crippen LogP contribution in [0.1, 0.15) is 34.5 Å². The number of rotatable bonds is 6. The second kappa shape index (κ2) is 9.20. The third-order valence-electron chi connectivity index (χ3n) is 4.31. The molecule has 29 heavy (non-hydrogen) atoms. The van der Waals surface area contributed by atoms with E-state index in [1.54, 1.807) is 37.7 Å². The van der Waals surface area contributed by atoms with Gasteiger partial charge < -0.3 is 10.7 Å². The zero-order valence-electron chi connectivity index (χ0n) is 16.6. The number of benzene rings is 1. The maximum absolute atomic E-state index is 14.3. The highest BCUT2D eigenvalue weighted by atomic mass is 19.1. The van der Waals surface area contributed by atoms with E-state index in [-0.39, 0.29) is 11.7 Å². The van der Waals surface area contributed by atoms with E-state index in [1.807, 2.05) is 25.2 Å². The normalized spacial score (nSPS) is 15.5. The molecular weight excluding hydrogens is 371 g/mol. The maximum Gasteiger partial charge on any atom is 0.257 e. The maximum atomic E-state index is 14.3. The zero-order valence-corrected chi connectivity index (χ0v) is 16.6. The molecular formula is C21H23FN6O. The summed E-state index contributed by atoms with van der Waals surface area (Å²) in [5, 5.41) is 4.67. The largest absolute Gasteiger partial charge is 0.324 e. The van der Waals surface area contributed by atoms with E-state index >= 15 is 0 Å². The van der Waals surface area contributed by atoms with Crippen molar-refractivity contribution in [2.75, 3.05) is 18.9 Å². The highest BCUT2D eigenvalue weighted by Gasteiger charge is 2.13. The van der Waals surface area contributed by atoms with Gasteiger partial charge in [-0.25, -0.2) is 9.40 Å². The van der Waals surface area contributed by atoms with Gasteiger partial charge in [0.05, 0.1) is 23.8 Å². The minimum absolute atomic E-state index is 0.300. The van der Waals surface area contributed by atoms with E-state index in [4.69, 9.17) is 0 Å². The number of hydrazine groups is 1. The predicted molar refractivity (Wildman–Crippen MR) is 113 cm³/mol. The molecule has 0 saturated heterocycles. The second-order valence-electron chi connectivity index (χ2n) is 6.81. The molecule has 150 valence electrons. The molecule has 3 rings (SSSR count). The Balaban J connectivity index is 1.67. The minimum atomic E-state index is -0.433. The molecule has 1 aromatic carbocycles. The molecule has 7 nitrogen and oxygen atoms in total. The zero-order chi connectivity index (χ0) is 20.8. The summed E-state index contributed by atoms with van der Waals surface area (Å²) >= 11 is 0. The number of hydrogen-bond donors (Lipinski definition) is 2. The van der Waals surface area contributed by atoms with Crippen LogP contribution >= 0.6 is 0 Å². The predicted octanol–water partition coefficient (Wildman–Crippen LogP) is 3.28. The molecule has 1 aliphatic heterocycles. The average Bonchev–Trinajstić information content (AvgIpc) is 3.11. The van der Waals surface area contributed by atoms with Crippen molar-refractivity contribution < 1.29 is 9.18 Å². The Kier molecular flexibility index (Phi) is 6.46. The summed E-state index contributed by atoms with van der Waals surface area (Å²) in [5.74, 6) is -0.684. The van der Waals surface area contributed by atoms with Crippen LogP contribution in [0.25, 0.3) is 0 Å². The van der Waals surface area contributed by atoms with Gasteiger partial charge in [-0.2, -0.15) is 0 Å². The van der Waals surface area contributed by atoms with Crippen molar-refractivity contribution >= 4 is 24.0 Å².